The molecule has 1 aliphatic heterocycles. The first kappa shape index (κ1) is 13.1. The van der Waals surface area contributed by atoms with Crippen LogP contribution in [-0.4, -0.2) is 35.9 Å². The molecule has 1 aliphatic rings. The van der Waals surface area contributed by atoms with Gasteiger partial charge in [-0.3, -0.25) is 0 Å². The van der Waals surface area contributed by atoms with Gasteiger partial charge < -0.3 is 11.1 Å². The Morgan fingerprint density at radius 1 is 1.10 bits per heavy atom. The zero-order valence-corrected chi connectivity index (χ0v) is 11.7. The highest BCUT2D eigenvalue weighted by Crippen LogP contribution is 2.22. The summed E-state index contributed by atoms with van der Waals surface area (Å²) in [6.45, 7) is 0. The highest BCUT2D eigenvalue weighted by molar-refractivity contribution is 7.91. The Bertz CT molecular complexity index is 731. The molecule has 2 heterocycles. The summed E-state index contributed by atoms with van der Waals surface area (Å²) in [5, 5.41) is 3.22. The lowest BCUT2D eigenvalue weighted by molar-refractivity contribution is 0.559. The van der Waals surface area contributed by atoms with Crippen molar-refractivity contribution in [1.29, 1.82) is 0 Å². The number of nitrogens with zero attached hydrogens (tertiary/aromatic N) is 2. The number of benzene rings is 1. The normalized spacial score (nSPS) is 19.0. The minimum Gasteiger partial charge on any atom is -0.381 e. The molecule has 0 spiro atoms. The van der Waals surface area contributed by atoms with E-state index < -0.39 is 9.84 Å². The Morgan fingerprint density at radius 2 is 1.70 bits per heavy atom. The molecule has 20 heavy (non-hydrogen) atoms. The fourth-order valence-electron chi connectivity index (χ4n) is 2.35. The van der Waals surface area contributed by atoms with Gasteiger partial charge >= 0.3 is 0 Å². The first-order chi connectivity index (χ1) is 9.53. The van der Waals surface area contributed by atoms with Crippen LogP contribution >= 0.6 is 0 Å². The van der Waals surface area contributed by atoms with Crippen molar-refractivity contribution in [2.24, 2.45) is 0 Å². The maximum absolute atomic E-state index is 11.4. The molecular formula is C13H16N4O2S. The zero-order chi connectivity index (χ0) is 14.2. The fraction of sp³-hybridized carbons (Fsp3) is 0.385. The Morgan fingerprint density at radius 3 is 2.35 bits per heavy atom. The highest BCUT2D eigenvalue weighted by Gasteiger charge is 2.24. The van der Waals surface area contributed by atoms with Crippen molar-refractivity contribution in [1.82, 2.24) is 9.97 Å². The Kier molecular flexibility index (Phi) is 3.21. The van der Waals surface area contributed by atoms with Crippen LogP contribution in [-0.2, 0) is 9.84 Å². The summed E-state index contributed by atoms with van der Waals surface area (Å²) in [5.74, 6) is 1.31. The van der Waals surface area contributed by atoms with E-state index >= 15 is 0 Å². The minimum absolute atomic E-state index is 0.0799. The number of nitrogen functional groups attached to an aromatic ring is 1. The predicted molar refractivity (Wildman–Crippen MR) is 79.2 cm³/mol. The van der Waals surface area contributed by atoms with Crippen molar-refractivity contribution in [3.63, 3.8) is 0 Å². The van der Waals surface area contributed by atoms with E-state index in [9.17, 15) is 8.42 Å². The lowest BCUT2D eigenvalue weighted by Crippen LogP contribution is -2.32. The van der Waals surface area contributed by atoms with E-state index in [2.05, 4.69) is 15.3 Å². The molecule has 1 fully saturated rings. The van der Waals surface area contributed by atoms with E-state index in [4.69, 9.17) is 5.73 Å². The van der Waals surface area contributed by atoms with Gasteiger partial charge in [0.25, 0.3) is 0 Å². The fourth-order valence-corrected chi connectivity index (χ4v) is 3.84. The molecule has 0 bridgehead atoms. The Labute approximate surface area is 117 Å². The van der Waals surface area contributed by atoms with Gasteiger partial charge in [-0.15, -0.1) is 0 Å². The van der Waals surface area contributed by atoms with Crippen LogP contribution in [0.15, 0.2) is 24.3 Å². The van der Waals surface area contributed by atoms with Crippen LogP contribution in [0.5, 0.6) is 0 Å². The maximum atomic E-state index is 11.4. The monoisotopic (exact) mass is 292 g/mol. The van der Waals surface area contributed by atoms with Crippen LogP contribution in [0.1, 0.15) is 12.8 Å². The van der Waals surface area contributed by atoms with Crippen LogP contribution in [0.3, 0.4) is 0 Å². The Balaban J connectivity index is 1.82. The summed E-state index contributed by atoms with van der Waals surface area (Å²) in [6.07, 6.45) is 1.16. The van der Waals surface area contributed by atoms with Crippen LogP contribution in [0.2, 0.25) is 0 Å². The van der Waals surface area contributed by atoms with E-state index in [-0.39, 0.29) is 17.5 Å². The zero-order valence-electron chi connectivity index (χ0n) is 10.9. The third kappa shape index (κ3) is 2.67. The molecule has 6 nitrogen and oxygen atoms in total. The molecule has 0 unspecified atom stereocenters. The van der Waals surface area contributed by atoms with E-state index in [0.717, 1.165) is 11.0 Å². The number of sulfone groups is 1. The van der Waals surface area contributed by atoms with Gasteiger partial charge in [0.05, 0.1) is 22.5 Å². The number of anilines is 2. The highest BCUT2D eigenvalue weighted by atomic mass is 32.2. The third-order valence-corrected chi connectivity index (χ3v) is 5.21. The second-order valence-electron chi connectivity index (χ2n) is 5.02. The second kappa shape index (κ2) is 4.90. The molecule has 3 N–H and O–H groups in total. The molecule has 1 aromatic heterocycles. The molecule has 1 aromatic carbocycles. The smallest absolute Gasteiger partial charge is 0.169 e. The third-order valence-electron chi connectivity index (χ3n) is 3.49. The van der Waals surface area contributed by atoms with E-state index in [1.807, 2.05) is 24.3 Å². The lowest BCUT2D eigenvalue weighted by atomic mass is 10.1. The molecule has 3 rings (SSSR count). The van der Waals surface area contributed by atoms with Crippen LogP contribution in [0.25, 0.3) is 11.0 Å². The van der Waals surface area contributed by atoms with Crippen molar-refractivity contribution in [2.75, 3.05) is 22.6 Å². The van der Waals surface area contributed by atoms with Crippen molar-refractivity contribution < 1.29 is 8.42 Å². The molecular weight excluding hydrogens is 276 g/mol. The van der Waals surface area contributed by atoms with Gasteiger partial charge in [-0.05, 0) is 25.0 Å². The van der Waals surface area contributed by atoms with Gasteiger partial charge in [0.1, 0.15) is 9.84 Å². The quantitative estimate of drug-likeness (QED) is 0.863. The van der Waals surface area contributed by atoms with Gasteiger partial charge in [-0.25, -0.2) is 18.4 Å². The standard InChI is InChI=1S/C13H16N4O2S/c14-12-13(15-9-5-7-20(18,19)8-6-9)17-11-4-2-1-3-10(11)16-12/h1-4,9H,5-8H2,(H2,14,16)(H,15,17). The van der Waals surface area contributed by atoms with Gasteiger partial charge in [0.15, 0.2) is 11.6 Å². The van der Waals surface area contributed by atoms with E-state index in [0.29, 0.717) is 24.5 Å². The molecule has 0 saturated carbocycles. The molecule has 0 aliphatic carbocycles. The Hall–Kier alpha value is -1.89. The molecule has 1 saturated heterocycles. The molecule has 7 heteroatoms. The molecule has 2 aromatic rings. The largest absolute Gasteiger partial charge is 0.381 e. The number of nitrogens with two attached hydrogens (primary N) is 1. The number of fused-ring (bicyclic) bond motifs is 1. The van der Waals surface area contributed by atoms with Crippen molar-refractivity contribution in [3.05, 3.63) is 24.3 Å². The van der Waals surface area contributed by atoms with Crippen LogP contribution < -0.4 is 11.1 Å². The number of hydrogen-bond donors (Lipinski definition) is 2. The molecule has 0 atom stereocenters. The average molecular weight is 292 g/mol. The number of para-hydroxylation sites is 2. The number of rotatable bonds is 2. The first-order valence-electron chi connectivity index (χ1n) is 6.53. The molecule has 0 amide bonds. The van der Waals surface area contributed by atoms with Crippen molar-refractivity contribution >= 4 is 32.5 Å². The summed E-state index contributed by atoms with van der Waals surface area (Å²) in [5.41, 5.74) is 7.43. The van der Waals surface area contributed by atoms with Gasteiger partial charge in [-0.2, -0.15) is 0 Å². The van der Waals surface area contributed by atoms with Gasteiger partial charge in [-0.1, -0.05) is 12.1 Å². The average Bonchev–Trinajstić information content (AvgIpc) is 2.42. The summed E-state index contributed by atoms with van der Waals surface area (Å²) >= 11 is 0. The maximum Gasteiger partial charge on any atom is 0.169 e. The first-order valence-corrected chi connectivity index (χ1v) is 8.35. The topological polar surface area (TPSA) is 98.0 Å². The lowest BCUT2D eigenvalue weighted by Gasteiger charge is -2.23. The van der Waals surface area contributed by atoms with Gasteiger partial charge in [0, 0.05) is 6.04 Å². The molecule has 106 valence electrons. The van der Waals surface area contributed by atoms with Crippen LogP contribution in [0, 0.1) is 0 Å². The summed E-state index contributed by atoms with van der Waals surface area (Å²) in [7, 11) is -2.86. The predicted octanol–water partition coefficient (Wildman–Crippen LogP) is 1.20. The van der Waals surface area contributed by atoms with Crippen molar-refractivity contribution in [3.8, 4) is 0 Å². The minimum atomic E-state index is -2.86. The van der Waals surface area contributed by atoms with E-state index in [1.165, 1.54) is 0 Å². The number of aromatic nitrogens is 2. The van der Waals surface area contributed by atoms with Crippen LogP contribution in [0.4, 0.5) is 11.6 Å². The number of nitrogens with one attached hydrogen (secondary N) is 1. The summed E-state index contributed by atoms with van der Waals surface area (Å²) < 4.78 is 22.8. The summed E-state index contributed by atoms with van der Waals surface area (Å²) in [6, 6.07) is 7.59. The summed E-state index contributed by atoms with van der Waals surface area (Å²) in [4.78, 5) is 8.76. The SMILES string of the molecule is Nc1nc2ccccc2nc1NC1CCS(=O)(=O)CC1. The van der Waals surface area contributed by atoms with Crippen molar-refractivity contribution in [2.45, 2.75) is 18.9 Å². The number of hydrogen-bond acceptors (Lipinski definition) is 6. The van der Waals surface area contributed by atoms with Gasteiger partial charge in [0.2, 0.25) is 0 Å². The second-order valence-corrected chi connectivity index (χ2v) is 7.32. The van der Waals surface area contributed by atoms with E-state index in [1.54, 1.807) is 0 Å². The molecule has 0 radical (unpaired) electrons.